The average molecular weight is 617 g/mol. The topological polar surface area (TPSA) is 61.3 Å². The zero-order valence-corrected chi connectivity index (χ0v) is 25.5. The molecule has 0 aliphatic heterocycles. The first-order valence-electron chi connectivity index (χ1n) is 14.1. The van der Waals surface area contributed by atoms with Gasteiger partial charge in [0.15, 0.2) is 0 Å². The van der Waals surface area contributed by atoms with E-state index in [2.05, 4.69) is 0 Å². The predicted octanol–water partition coefficient (Wildman–Crippen LogP) is 9.82. The molecule has 0 bridgehead atoms. The van der Waals surface area contributed by atoms with Gasteiger partial charge in [0.2, 0.25) is 0 Å². The maximum atomic E-state index is 11.8. The maximum absolute atomic E-state index is 11.8. The smallest absolute Gasteiger partial charge is 0.324 e. The van der Waals surface area contributed by atoms with Crippen LogP contribution < -0.4 is 0 Å². The predicted molar refractivity (Wildman–Crippen MR) is 179 cm³/mol. The number of carbonyl (C=O) groups excluding carboxylic acids is 2. The molecule has 6 heteroatoms. The van der Waals surface area contributed by atoms with Gasteiger partial charge in [0.05, 0.1) is 50.0 Å². The lowest BCUT2D eigenvalue weighted by Crippen LogP contribution is -2.26. The van der Waals surface area contributed by atoms with Crippen LogP contribution >= 0.6 is 20.6 Å². The summed E-state index contributed by atoms with van der Waals surface area (Å²) in [6.45, 7) is 0. The second-order valence-electron chi connectivity index (χ2n) is 9.77. The normalized spacial score (nSPS) is 12.1. The third kappa shape index (κ3) is 5.53. The van der Waals surface area contributed by atoms with E-state index in [0.29, 0.717) is 0 Å². The van der Waals surface area contributed by atoms with Crippen LogP contribution in [-0.4, -0.2) is 21.5 Å². The largest absolute Gasteiger partial charge is 0.678 e. The fraction of sp³-hybridized carbons (Fsp3) is 0. The molecule has 4 nitrogen and oxygen atoms in total. The first-order valence-corrected chi connectivity index (χ1v) is 17.2. The zero-order valence-electron chi connectivity index (χ0n) is 23.8. The van der Waals surface area contributed by atoms with E-state index in [9.17, 15) is 9.59 Å². The summed E-state index contributed by atoms with van der Waals surface area (Å²) in [6, 6.07) is 58.7. The summed E-state index contributed by atoms with van der Waals surface area (Å²) >= 11 is 0. The summed E-state index contributed by atoms with van der Waals surface area (Å²) < 4.78 is 13.3. The first-order chi connectivity index (χ1) is 21.6. The molecule has 0 spiro atoms. The van der Waals surface area contributed by atoms with Crippen molar-refractivity contribution in [3.8, 4) is 0 Å². The molecule has 0 saturated carbocycles. The van der Waals surface area contributed by atoms with Crippen molar-refractivity contribution in [2.45, 2.75) is 29.4 Å². The molecule has 0 unspecified atom stereocenters. The lowest BCUT2D eigenvalue weighted by Gasteiger charge is -2.33. The second-order valence-corrected chi connectivity index (χ2v) is 15.2. The third-order valence-electron chi connectivity index (χ3n) is 7.04. The minimum Gasteiger partial charge on any atom is -0.324 e. The number of hydrogen-bond donors (Lipinski definition) is 0. The standard InChI is InChI=1S/C38H30O4S2/c39-37(41-43(31-19-7-1-8-20-31,32-21-9-2-10-22-32)33-23-11-3-12-24-33)38(40)42-44(34-25-13-4-14-26-34,35-27-15-5-16-28-35)36-29-17-6-18-30-36/h1-30H/p+2. The van der Waals surface area contributed by atoms with Crippen molar-refractivity contribution in [1.29, 1.82) is 0 Å². The lowest BCUT2D eigenvalue weighted by atomic mass is 10.4. The number of rotatable bonds is 8. The van der Waals surface area contributed by atoms with Gasteiger partial charge in [-0.25, -0.2) is 8.37 Å². The van der Waals surface area contributed by atoms with E-state index in [-0.39, 0.29) is 0 Å². The van der Waals surface area contributed by atoms with Crippen LogP contribution in [0.25, 0.3) is 0 Å². The molecule has 0 amide bonds. The van der Waals surface area contributed by atoms with Crippen LogP contribution in [0.15, 0.2) is 211 Å². The van der Waals surface area contributed by atoms with Crippen molar-refractivity contribution < 1.29 is 18.0 Å². The molecule has 6 aromatic carbocycles. The van der Waals surface area contributed by atoms with E-state index in [1.807, 2.05) is 182 Å². The van der Waals surface area contributed by atoms with Crippen LogP contribution in [0.5, 0.6) is 0 Å². The van der Waals surface area contributed by atoms with Crippen molar-refractivity contribution >= 4 is 32.6 Å². The second kappa shape index (κ2) is 13.1. The highest BCUT2D eigenvalue weighted by molar-refractivity contribution is 8.30. The van der Waals surface area contributed by atoms with Crippen LogP contribution in [0.1, 0.15) is 0 Å². The fourth-order valence-corrected chi connectivity index (χ4v) is 11.2. The molecular weight excluding hydrogens is 585 g/mol. The Morgan fingerprint density at radius 3 is 0.614 bits per heavy atom. The Morgan fingerprint density at radius 1 is 0.295 bits per heavy atom. The van der Waals surface area contributed by atoms with Crippen LogP contribution in [0.2, 0.25) is 0 Å². The Labute approximate surface area is 261 Å². The molecule has 44 heavy (non-hydrogen) atoms. The molecule has 0 radical (unpaired) electrons. The minimum atomic E-state index is -2.56. The maximum Gasteiger partial charge on any atom is 0.678 e. The van der Waals surface area contributed by atoms with Gasteiger partial charge < -0.3 is 9.59 Å². The summed E-state index contributed by atoms with van der Waals surface area (Å²) in [7, 11) is -5.13. The Bertz CT molecular complexity index is 1490. The van der Waals surface area contributed by atoms with Gasteiger partial charge in [-0.2, -0.15) is 0 Å². The summed E-state index contributed by atoms with van der Waals surface area (Å²) in [5.41, 5.74) is 0. The minimum absolute atomic E-state index is 0.698. The number of benzene rings is 6. The van der Waals surface area contributed by atoms with E-state index in [1.54, 1.807) is 0 Å². The van der Waals surface area contributed by atoms with Gasteiger partial charge in [-0.3, -0.25) is 0 Å². The van der Waals surface area contributed by atoms with E-state index < -0.39 is 32.6 Å². The molecule has 6 aromatic rings. The van der Waals surface area contributed by atoms with Gasteiger partial charge in [0.1, 0.15) is 0 Å². The van der Waals surface area contributed by atoms with Crippen LogP contribution in [-0.2, 0) is 8.37 Å². The quantitative estimate of drug-likeness (QED) is 0.126. The molecule has 0 saturated heterocycles. The Kier molecular flexibility index (Phi) is 8.64. The van der Waals surface area contributed by atoms with E-state index in [4.69, 9.17) is 8.37 Å². The van der Waals surface area contributed by atoms with Crippen molar-refractivity contribution in [3.05, 3.63) is 182 Å². The molecule has 0 fully saturated rings. The van der Waals surface area contributed by atoms with E-state index in [1.165, 1.54) is 0 Å². The highest BCUT2D eigenvalue weighted by atomic mass is 32.3. The molecule has 218 valence electrons. The van der Waals surface area contributed by atoms with Gasteiger partial charge in [0, 0.05) is 0 Å². The van der Waals surface area contributed by atoms with Crippen molar-refractivity contribution in [2.75, 3.05) is 0 Å². The Balaban J connectivity index is 1.49. The molecule has 0 heterocycles. The van der Waals surface area contributed by atoms with Crippen LogP contribution in [0, 0.1) is 0 Å². The van der Waals surface area contributed by atoms with Gasteiger partial charge in [-0.05, 0) is 72.8 Å². The molecule has 0 aliphatic carbocycles. The van der Waals surface area contributed by atoms with Crippen molar-refractivity contribution in [2.24, 2.45) is 0 Å². The van der Waals surface area contributed by atoms with E-state index in [0.717, 1.165) is 29.4 Å². The van der Waals surface area contributed by atoms with Gasteiger partial charge in [-0.1, -0.05) is 109 Å². The Hall–Kier alpha value is -5.04. The molecule has 6 rings (SSSR count). The Morgan fingerprint density at radius 2 is 0.455 bits per heavy atom. The average Bonchev–Trinajstić information content (AvgIpc) is 3.11. The zero-order chi connectivity index (χ0) is 30.2. The van der Waals surface area contributed by atoms with Crippen LogP contribution in [0.3, 0.4) is 0 Å². The molecule has 0 aliphatic rings. The van der Waals surface area contributed by atoms with Crippen LogP contribution in [0.4, 0.5) is 0 Å². The summed E-state index contributed by atoms with van der Waals surface area (Å²) in [5.74, 6) is -1.40. The summed E-state index contributed by atoms with van der Waals surface area (Å²) in [6.07, 6.45) is 0. The van der Waals surface area contributed by atoms with Crippen molar-refractivity contribution in [1.82, 2.24) is 0 Å². The summed E-state index contributed by atoms with van der Waals surface area (Å²) in [5, 5.41) is 0. The van der Waals surface area contributed by atoms with Gasteiger partial charge in [-0.15, -0.1) is 0 Å². The highest BCUT2D eigenvalue weighted by Crippen LogP contribution is 2.71. The lowest BCUT2D eigenvalue weighted by molar-refractivity contribution is 0.450. The van der Waals surface area contributed by atoms with E-state index >= 15 is 0 Å². The monoisotopic (exact) mass is 616 g/mol. The molecular formula is C38H32O4S2+2. The molecule has 0 atom stereocenters. The van der Waals surface area contributed by atoms with Gasteiger partial charge in [0.25, 0.3) is 0 Å². The third-order valence-corrected chi connectivity index (χ3v) is 13.5. The van der Waals surface area contributed by atoms with Crippen molar-refractivity contribution in [3.63, 3.8) is 0 Å². The SMILES string of the molecule is [OH+]=C(OS(c1ccccc1)(c1ccccc1)c1ccccc1)C(=[OH+])OS(c1ccccc1)(c1ccccc1)c1ccccc1. The number of hydrogen-bond acceptors (Lipinski definition) is 2. The first kappa shape index (κ1) is 29.1. The molecule has 2 N–H and O–H groups in total. The summed E-state index contributed by atoms with van der Waals surface area (Å²) in [4.78, 5) is 28.6. The highest BCUT2D eigenvalue weighted by Gasteiger charge is 2.53. The fourth-order valence-electron chi connectivity index (χ4n) is 5.09. The van der Waals surface area contributed by atoms with Gasteiger partial charge >= 0.3 is 11.9 Å². The molecule has 0 aromatic heterocycles.